The van der Waals surface area contributed by atoms with Crippen LogP contribution in [0, 0.1) is 6.92 Å². The molecule has 124 valence electrons. The number of aliphatic carboxylic acids is 1. The van der Waals surface area contributed by atoms with E-state index in [9.17, 15) is 14.7 Å². The van der Waals surface area contributed by atoms with Crippen LogP contribution < -0.4 is 5.32 Å². The van der Waals surface area contributed by atoms with Crippen molar-refractivity contribution < 1.29 is 14.7 Å². The molecule has 24 heavy (non-hydrogen) atoms. The van der Waals surface area contributed by atoms with Crippen LogP contribution in [0.25, 0.3) is 0 Å². The van der Waals surface area contributed by atoms with Gasteiger partial charge in [-0.25, -0.2) is 9.59 Å². The van der Waals surface area contributed by atoms with E-state index in [0.29, 0.717) is 10.7 Å². The second-order valence-electron chi connectivity index (χ2n) is 5.16. The number of aryl methyl sites for hydroxylation is 1. The summed E-state index contributed by atoms with van der Waals surface area (Å²) < 4.78 is 0. The molecule has 0 aliphatic heterocycles. The Kier molecular flexibility index (Phi) is 6.03. The Morgan fingerprint density at radius 1 is 1.21 bits per heavy atom. The summed E-state index contributed by atoms with van der Waals surface area (Å²) in [7, 11) is 0. The highest BCUT2D eigenvalue weighted by Gasteiger charge is 2.20. The molecule has 0 saturated carbocycles. The molecule has 2 N–H and O–H groups in total. The number of hydrogen-bond donors (Lipinski definition) is 2. The number of carboxylic acids is 1. The SMILES string of the molecule is Cc1ccc(N=NC(=O)NC(Cc2ccccc2)C(=O)O)cc1Cl. The topological polar surface area (TPSA) is 91.1 Å². The van der Waals surface area contributed by atoms with Crippen molar-refractivity contribution in [2.75, 3.05) is 0 Å². The first kappa shape index (κ1) is 17.6. The summed E-state index contributed by atoms with van der Waals surface area (Å²) in [4.78, 5) is 23.1. The van der Waals surface area contributed by atoms with E-state index < -0.39 is 18.0 Å². The number of urea groups is 1. The molecule has 7 heteroatoms. The van der Waals surface area contributed by atoms with Gasteiger partial charge in [-0.2, -0.15) is 0 Å². The number of rotatable bonds is 5. The van der Waals surface area contributed by atoms with Gasteiger partial charge < -0.3 is 10.4 Å². The zero-order valence-corrected chi connectivity index (χ0v) is 13.7. The zero-order chi connectivity index (χ0) is 17.5. The summed E-state index contributed by atoms with van der Waals surface area (Å²) in [5, 5.41) is 19.3. The van der Waals surface area contributed by atoms with Crippen LogP contribution in [-0.4, -0.2) is 23.1 Å². The molecule has 0 radical (unpaired) electrons. The Labute approximate surface area is 144 Å². The van der Waals surface area contributed by atoms with Gasteiger partial charge in [0.25, 0.3) is 0 Å². The molecule has 2 rings (SSSR count). The molecule has 0 saturated heterocycles. The molecular formula is C17H16ClN3O3. The predicted octanol–water partition coefficient (Wildman–Crippen LogP) is 4.14. The highest BCUT2D eigenvalue weighted by atomic mass is 35.5. The van der Waals surface area contributed by atoms with Gasteiger partial charge in [0, 0.05) is 11.4 Å². The van der Waals surface area contributed by atoms with Crippen LogP contribution in [0.2, 0.25) is 5.02 Å². The maximum atomic E-state index is 11.8. The van der Waals surface area contributed by atoms with Gasteiger partial charge in [-0.1, -0.05) is 53.1 Å². The molecular weight excluding hydrogens is 330 g/mol. The van der Waals surface area contributed by atoms with Gasteiger partial charge in [0.15, 0.2) is 0 Å². The maximum Gasteiger partial charge on any atom is 0.360 e. The minimum Gasteiger partial charge on any atom is -0.480 e. The van der Waals surface area contributed by atoms with Crippen LogP contribution in [-0.2, 0) is 11.2 Å². The van der Waals surface area contributed by atoms with Gasteiger partial charge in [0.1, 0.15) is 6.04 Å². The largest absolute Gasteiger partial charge is 0.480 e. The second kappa shape index (κ2) is 8.21. The minimum absolute atomic E-state index is 0.161. The van der Waals surface area contributed by atoms with E-state index in [4.69, 9.17) is 11.6 Å². The molecule has 0 heterocycles. The van der Waals surface area contributed by atoms with Crippen LogP contribution in [0.3, 0.4) is 0 Å². The average molecular weight is 346 g/mol. The number of amides is 2. The molecule has 2 amide bonds. The fourth-order valence-corrected chi connectivity index (χ4v) is 2.15. The van der Waals surface area contributed by atoms with E-state index >= 15 is 0 Å². The summed E-state index contributed by atoms with van der Waals surface area (Å²) >= 11 is 5.97. The third kappa shape index (κ3) is 5.17. The number of azo groups is 1. The monoisotopic (exact) mass is 345 g/mol. The third-order valence-corrected chi connectivity index (χ3v) is 3.70. The normalized spacial score (nSPS) is 12.1. The van der Waals surface area contributed by atoms with E-state index in [1.165, 1.54) is 0 Å². The van der Waals surface area contributed by atoms with Crippen molar-refractivity contribution in [3.63, 3.8) is 0 Å². The van der Waals surface area contributed by atoms with E-state index in [1.807, 2.05) is 13.0 Å². The van der Waals surface area contributed by atoms with E-state index in [1.54, 1.807) is 42.5 Å². The molecule has 0 aliphatic carbocycles. The highest BCUT2D eigenvalue weighted by molar-refractivity contribution is 6.31. The summed E-state index contributed by atoms with van der Waals surface area (Å²) in [6.07, 6.45) is 0.161. The lowest BCUT2D eigenvalue weighted by atomic mass is 10.1. The van der Waals surface area contributed by atoms with Crippen LogP contribution in [0.5, 0.6) is 0 Å². The van der Waals surface area contributed by atoms with Crippen molar-refractivity contribution in [2.24, 2.45) is 10.2 Å². The smallest absolute Gasteiger partial charge is 0.360 e. The number of carbonyl (C=O) groups excluding carboxylic acids is 1. The van der Waals surface area contributed by atoms with Crippen LogP contribution in [0.1, 0.15) is 11.1 Å². The lowest BCUT2D eigenvalue weighted by Gasteiger charge is -2.12. The molecule has 2 aromatic carbocycles. The first-order valence-corrected chi connectivity index (χ1v) is 7.58. The Morgan fingerprint density at radius 3 is 2.54 bits per heavy atom. The lowest BCUT2D eigenvalue weighted by molar-refractivity contribution is -0.139. The van der Waals surface area contributed by atoms with E-state index in [2.05, 4.69) is 15.5 Å². The Balaban J connectivity index is 2.01. The number of nitrogens with zero attached hydrogens (tertiary/aromatic N) is 2. The fourth-order valence-electron chi connectivity index (χ4n) is 1.97. The Bertz CT molecular complexity index is 763. The Morgan fingerprint density at radius 2 is 1.92 bits per heavy atom. The molecule has 0 spiro atoms. The number of halogens is 1. The maximum absolute atomic E-state index is 11.8. The molecule has 0 aromatic heterocycles. The molecule has 2 aromatic rings. The number of hydrogen-bond acceptors (Lipinski definition) is 3. The van der Waals surface area contributed by atoms with Gasteiger partial charge in [0.2, 0.25) is 0 Å². The summed E-state index contributed by atoms with van der Waals surface area (Å²) in [6, 6.07) is 12.1. The molecule has 0 bridgehead atoms. The Hall–Kier alpha value is -2.73. The fraction of sp³-hybridized carbons (Fsp3) is 0.176. The van der Waals surface area contributed by atoms with Gasteiger partial charge in [-0.05, 0) is 30.2 Å². The minimum atomic E-state index is -1.14. The molecule has 6 nitrogen and oxygen atoms in total. The van der Waals surface area contributed by atoms with Gasteiger partial charge in [-0.15, -0.1) is 5.11 Å². The number of nitrogens with one attached hydrogen (secondary N) is 1. The van der Waals surface area contributed by atoms with Crippen molar-refractivity contribution >= 4 is 29.3 Å². The number of carbonyl (C=O) groups is 2. The van der Waals surface area contributed by atoms with Gasteiger partial charge in [0.05, 0.1) is 5.69 Å². The van der Waals surface area contributed by atoms with Crippen molar-refractivity contribution in [1.82, 2.24) is 5.32 Å². The van der Waals surface area contributed by atoms with Crippen LogP contribution in [0.15, 0.2) is 58.8 Å². The van der Waals surface area contributed by atoms with Gasteiger partial charge >= 0.3 is 12.0 Å². The number of carboxylic acid groups (broad SMARTS) is 1. The molecule has 1 atom stereocenters. The quantitative estimate of drug-likeness (QED) is 0.798. The van der Waals surface area contributed by atoms with Crippen molar-refractivity contribution in [3.8, 4) is 0 Å². The first-order chi connectivity index (χ1) is 11.5. The standard InChI is InChI=1S/C17H16ClN3O3/c1-11-7-8-13(10-14(11)18)20-21-17(24)19-15(16(22)23)9-12-5-3-2-4-6-12/h2-8,10,15H,9H2,1H3,(H,19,24)(H,22,23). The molecule has 1 unspecified atom stereocenters. The summed E-state index contributed by atoms with van der Waals surface area (Å²) in [6.45, 7) is 1.84. The van der Waals surface area contributed by atoms with Crippen molar-refractivity contribution in [2.45, 2.75) is 19.4 Å². The molecule has 0 aliphatic rings. The average Bonchev–Trinajstić information content (AvgIpc) is 2.56. The van der Waals surface area contributed by atoms with Crippen LogP contribution >= 0.6 is 11.6 Å². The predicted molar refractivity (Wildman–Crippen MR) is 90.8 cm³/mol. The van der Waals surface area contributed by atoms with Crippen LogP contribution in [0.4, 0.5) is 10.5 Å². The number of benzene rings is 2. The van der Waals surface area contributed by atoms with E-state index in [0.717, 1.165) is 11.1 Å². The van der Waals surface area contributed by atoms with Gasteiger partial charge in [-0.3, -0.25) is 0 Å². The first-order valence-electron chi connectivity index (χ1n) is 7.21. The van der Waals surface area contributed by atoms with E-state index in [-0.39, 0.29) is 6.42 Å². The van der Waals surface area contributed by atoms with Crippen molar-refractivity contribution in [3.05, 3.63) is 64.7 Å². The lowest BCUT2D eigenvalue weighted by Crippen LogP contribution is -2.40. The zero-order valence-electron chi connectivity index (χ0n) is 12.9. The third-order valence-electron chi connectivity index (χ3n) is 3.29. The summed E-state index contributed by atoms with van der Waals surface area (Å²) in [5.74, 6) is -1.14. The van der Waals surface area contributed by atoms with Crippen molar-refractivity contribution in [1.29, 1.82) is 0 Å². The molecule has 0 fully saturated rings. The highest BCUT2D eigenvalue weighted by Crippen LogP contribution is 2.22. The summed E-state index contributed by atoms with van der Waals surface area (Å²) in [5.41, 5.74) is 2.09. The second-order valence-corrected chi connectivity index (χ2v) is 5.57.